The molecule has 1 unspecified atom stereocenters. The van der Waals surface area contributed by atoms with Crippen LogP contribution in [0.3, 0.4) is 0 Å². The van der Waals surface area contributed by atoms with E-state index in [1.54, 1.807) is 18.7 Å². The normalized spacial score (nSPS) is 20.9. The highest BCUT2D eigenvalue weighted by atomic mass is 16.4. The van der Waals surface area contributed by atoms with E-state index in [4.69, 9.17) is 0 Å². The van der Waals surface area contributed by atoms with E-state index < -0.39 is 5.97 Å². The Morgan fingerprint density at radius 1 is 1.00 bits per heavy atom. The molecule has 2 amide bonds. The van der Waals surface area contributed by atoms with Crippen molar-refractivity contribution in [2.75, 3.05) is 26.2 Å². The van der Waals surface area contributed by atoms with Gasteiger partial charge in [-0.2, -0.15) is 0 Å². The van der Waals surface area contributed by atoms with E-state index in [1.807, 2.05) is 4.90 Å². The number of likely N-dealkylation sites (tertiary alicyclic amines) is 2. The first kappa shape index (κ1) is 18.5. The molecule has 2 saturated heterocycles. The lowest BCUT2D eigenvalue weighted by Gasteiger charge is -2.36. The van der Waals surface area contributed by atoms with Crippen LogP contribution >= 0.6 is 0 Å². The number of hydrogen-bond acceptors (Lipinski definition) is 3. The largest absolute Gasteiger partial charge is 0.477 e. The lowest BCUT2D eigenvalue weighted by molar-refractivity contribution is -0.137. The molecule has 0 radical (unpaired) electrons. The fourth-order valence-corrected chi connectivity index (χ4v) is 4.18. The summed E-state index contributed by atoms with van der Waals surface area (Å²) in [7, 11) is 0. The zero-order valence-electron chi connectivity index (χ0n) is 15.5. The number of hydrogen-bond donors (Lipinski definition) is 2. The summed E-state index contributed by atoms with van der Waals surface area (Å²) in [5.41, 5.74) is 1.51. The number of amides is 2. The number of carbonyl (C=O) groups excluding carboxylic acids is 2. The molecule has 2 aliphatic heterocycles. The van der Waals surface area contributed by atoms with E-state index in [2.05, 4.69) is 4.98 Å². The minimum absolute atomic E-state index is 0.0591. The van der Waals surface area contributed by atoms with Crippen molar-refractivity contribution in [1.29, 1.82) is 0 Å². The number of aromatic carboxylic acids is 1. The third-order valence-corrected chi connectivity index (χ3v) is 5.59. The van der Waals surface area contributed by atoms with Crippen molar-refractivity contribution in [3.63, 3.8) is 0 Å². The molecule has 3 heterocycles. The molecule has 0 spiro atoms. The number of aromatic amines is 1. The molecule has 0 aliphatic carbocycles. The number of aromatic nitrogens is 1. The van der Waals surface area contributed by atoms with Gasteiger partial charge in [0.2, 0.25) is 5.91 Å². The number of carboxylic acid groups (broad SMARTS) is 1. The second-order valence-corrected chi connectivity index (χ2v) is 7.41. The van der Waals surface area contributed by atoms with Gasteiger partial charge >= 0.3 is 5.97 Å². The predicted octanol–water partition coefficient (Wildman–Crippen LogP) is 2.19. The van der Waals surface area contributed by atoms with E-state index >= 15 is 0 Å². The molecule has 7 heteroatoms. The number of carbonyl (C=O) groups is 3. The van der Waals surface area contributed by atoms with Crippen LogP contribution in [0, 0.1) is 19.8 Å². The Bertz CT molecular complexity index is 719. The van der Waals surface area contributed by atoms with Crippen LogP contribution in [0.5, 0.6) is 0 Å². The predicted molar refractivity (Wildman–Crippen MR) is 96.3 cm³/mol. The zero-order chi connectivity index (χ0) is 18.8. The fraction of sp³-hybridized carbons (Fsp3) is 0.632. The van der Waals surface area contributed by atoms with Crippen LogP contribution in [0.4, 0.5) is 0 Å². The molecule has 0 aromatic carbocycles. The molecule has 142 valence electrons. The molecular weight excluding hydrogens is 334 g/mol. The standard InChI is InChI=1S/C19H27N3O4/c1-12-15(13(2)20-16(12)19(25)26)18(24)22-10-6-7-14(11-22)17(23)21-8-4-3-5-9-21/h14,20H,3-11H2,1-2H3,(H,25,26). The van der Waals surface area contributed by atoms with E-state index in [-0.39, 0.29) is 23.4 Å². The molecule has 0 saturated carbocycles. The molecule has 1 aromatic heterocycles. The first-order valence-electron chi connectivity index (χ1n) is 9.40. The molecule has 7 nitrogen and oxygen atoms in total. The Morgan fingerprint density at radius 2 is 1.65 bits per heavy atom. The molecule has 0 bridgehead atoms. The first-order valence-corrected chi connectivity index (χ1v) is 9.40. The molecule has 2 aliphatic rings. The van der Waals surface area contributed by atoms with Crippen molar-refractivity contribution in [1.82, 2.24) is 14.8 Å². The third-order valence-electron chi connectivity index (χ3n) is 5.59. The monoisotopic (exact) mass is 361 g/mol. The zero-order valence-corrected chi connectivity index (χ0v) is 15.5. The second kappa shape index (κ2) is 7.51. The summed E-state index contributed by atoms with van der Waals surface area (Å²) in [5, 5.41) is 9.25. The highest BCUT2D eigenvalue weighted by molar-refractivity contribution is 6.01. The van der Waals surface area contributed by atoms with Crippen LogP contribution in [0.15, 0.2) is 0 Å². The lowest BCUT2D eigenvalue weighted by atomic mass is 9.94. The first-order chi connectivity index (χ1) is 12.4. The van der Waals surface area contributed by atoms with Crippen LogP contribution in [0.2, 0.25) is 0 Å². The van der Waals surface area contributed by atoms with Crippen LogP contribution in [0.25, 0.3) is 0 Å². The van der Waals surface area contributed by atoms with Crippen molar-refractivity contribution >= 4 is 17.8 Å². The van der Waals surface area contributed by atoms with Gasteiger partial charge in [0.1, 0.15) is 5.69 Å². The van der Waals surface area contributed by atoms with Crippen LogP contribution in [0.1, 0.15) is 64.2 Å². The lowest BCUT2D eigenvalue weighted by Crippen LogP contribution is -2.48. The Morgan fingerprint density at radius 3 is 2.27 bits per heavy atom. The molecule has 26 heavy (non-hydrogen) atoms. The number of piperidine rings is 2. The summed E-state index contributed by atoms with van der Waals surface area (Å²) in [6.07, 6.45) is 4.90. The van der Waals surface area contributed by atoms with Gasteiger partial charge < -0.3 is 19.9 Å². The molecule has 1 atom stereocenters. The van der Waals surface area contributed by atoms with Gasteiger partial charge in [0.15, 0.2) is 0 Å². The van der Waals surface area contributed by atoms with Crippen LogP contribution < -0.4 is 0 Å². The summed E-state index contributed by atoms with van der Waals surface area (Å²) in [6, 6.07) is 0. The molecule has 2 fully saturated rings. The Labute approximate surface area is 153 Å². The summed E-state index contributed by atoms with van der Waals surface area (Å²) in [4.78, 5) is 43.5. The topological polar surface area (TPSA) is 93.7 Å². The van der Waals surface area contributed by atoms with Crippen molar-refractivity contribution in [2.45, 2.75) is 46.0 Å². The highest BCUT2D eigenvalue weighted by Crippen LogP contribution is 2.25. The van der Waals surface area contributed by atoms with E-state index in [0.717, 1.165) is 38.8 Å². The van der Waals surface area contributed by atoms with Gasteiger partial charge in [-0.3, -0.25) is 9.59 Å². The van der Waals surface area contributed by atoms with Crippen molar-refractivity contribution < 1.29 is 19.5 Å². The number of nitrogens with one attached hydrogen (secondary N) is 1. The van der Waals surface area contributed by atoms with E-state index in [1.165, 1.54) is 6.42 Å². The molecule has 1 aromatic rings. The Hall–Kier alpha value is -2.31. The molecule has 3 rings (SSSR count). The van der Waals surface area contributed by atoms with Crippen LogP contribution in [-0.2, 0) is 4.79 Å². The van der Waals surface area contributed by atoms with Gasteiger partial charge in [-0.1, -0.05) is 0 Å². The maximum absolute atomic E-state index is 13.0. The summed E-state index contributed by atoms with van der Waals surface area (Å²) >= 11 is 0. The number of rotatable bonds is 3. The van der Waals surface area contributed by atoms with Crippen molar-refractivity contribution in [3.8, 4) is 0 Å². The Kier molecular flexibility index (Phi) is 5.34. The highest BCUT2D eigenvalue weighted by Gasteiger charge is 2.33. The van der Waals surface area contributed by atoms with E-state index in [0.29, 0.717) is 29.9 Å². The van der Waals surface area contributed by atoms with Gasteiger partial charge in [-0.15, -0.1) is 0 Å². The quantitative estimate of drug-likeness (QED) is 0.863. The van der Waals surface area contributed by atoms with E-state index in [9.17, 15) is 19.5 Å². The Balaban J connectivity index is 1.74. The van der Waals surface area contributed by atoms with Gasteiger partial charge in [0.25, 0.3) is 5.91 Å². The maximum atomic E-state index is 13.0. The van der Waals surface area contributed by atoms with Gasteiger partial charge in [-0.25, -0.2) is 4.79 Å². The number of H-pyrrole nitrogens is 1. The van der Waals surface area contributed by atoms with Crippen LogP contribution in [-0.4, -0.2) is 63.9 Å². The average Bonchev–Trinajstić information content (AvgIpc) is 2.96. The van der Waals surface area contributed by atoms with Crippen molar-refractivity contribution in [2.24, 2.45) is 5.92 Å². The minimum Gasteiger partial charge on any atom is -0.477 e. The summed E-state index contributed by atoms with van der Waals surface area (Å²) < 4.78 is 0. The van der Waals surface area contributed by atoms with Crippen molar-refractivity contribution in [3.05, 3.63) is 22.5 Å². The van der Waals surface area contributed by atoms with Gasteiger partial charge in [0, 0.05) is 31.9 Å². The van der Waals surface area contributed by atoms with Gasteiger partial charge in [-0.05, 0) is 51.5 Å². The SMILES string of the molecule is Cc1[nH]c(C(=O)O)c(C)c1C(=O)N1CCCC(C(=O)N2CCCCC2)C1. The minimum atomic E-state index is -1.07. The maximum Gasteiger partial charge on any atom is 0.352 e. The average molecular weight is 361 g/mol. The number of nitrogens with zero attached hydrogens (tertiary/aromatic N) is 2. The molecule has 2 N–H and O–H groups in total. The van der Waals surface area contributed by atoms with Gasteiger partial charge in [0.05, 0.1) is 11.5 Å². The number of aryl methyl sites for hydroxylation is 1. The molecular formula is C19H27N3O4. The fourth-order valence-electron chi connectivity index (χ4n) is 4.18. The third kappa shape index (κ3) is 3.48. The number of carboxylic acids is 1. The second-order valence-electron chi connectivity index (χ2n) is 7.41. The smallest absolute Gasteiger partial charge is 0.352 e. The summed E-state index contributed by atoms with van der Waals surface area (Å²) in [5.74, 6) is -1.23. The summed E-state index contributed by atoms with van der Waals surface area (Å²) in [6.45, 7) is 6.03.